The molecule has 0 radical (unpaired) electrons. The molecule has 2 aliphatic heterocycles. The molecule has 0 aromatic heterocycles. The Labute approximate surface area is 240 Å². The predicted octanol–water partition coefficient (Wildman–Crippen LogP) is 7.47. The minimum Gasteiger partial charge on any atom is -0.416 e. The van der Waals surface area contributed by atoms with Crippen molar-refractivity contribution in [1.29, 1.82) is 0 Å². The minimum absolute atomic E-state index is 0.0547. The molecule has 234 valence electrons. The van der Waals surface area contributed by atoms with Gasteiger partial charge in [0.05, 0.1) is 6.10 Å². The van der Waals surface area contributed by atoms with E-state index >= 15 is 0 Å². The van der Waals surface area contributed by atoms with Crippen molar-refractivity contribution >= 4 is 26.8 Å². The summed E-state index contributed by atoms with van der Waals surface area (Å²) in [6, 6.07) is 0. The van der Waals surface area contributed by atoms with E-state index in [2.05, 4.69) is 67.7 Å². The number of alkyl halides is 3. The molecule has 5 atom stereocenters. The summed E-state index contributed by atoms with van der Waals surface area (Å²) in [5.41, 5.74) is -7.51. The number of methoxy groups -OCH3 is 1. The Balaban J connectivity index is 2.15. The molecule has 1 saturated carbocycles. The van der Waals surface area contributed by atoms with Crippen LogP contribution in [0.4, 0.5) is 13.2 Å². The van der Waals surface area contributed by atoms with Crippen molar-refractivity contribution < 1.29 is 44.1 Å². The maximum Gasteiger partial charge on any atom is 0.534 e. The molecular formula is C27H49F3O7SSi2. The SMILES string of the molecule is CO[C@@]12CC[C@]3(C)[C@H](O[Si](C)(C)C(C)(C)C)CC[C@H](CO[Si](C)(C)C(C)(C)C)[C@]3(C=C1OS(=O)(=O)C(F)(F)F)O2. The first-order valence-corrected chi connectivity index (χ1v) is 21.2. The second kappa shape index (κ2) is 10.0. The molecule has 1 aliphatic carbocycles. The third-order valence-electron chi connectivity index (χ3n) is 10.5. The summed E-state index contributed by atoms with van der Waals surface area (Å²) in [5, 5.41) is -0.119. The van der Waals surface area contributed by atoms with Gasteiger partial charge in [0.2, 0.25) is 5.79 Å². The van der Waals surface area contributed by atoms with E-state index in [9.17, 15) is 21.6 Å². The third-order valence-corrected chi connectivity index (χ3v) is 20.5. The second-order valence-electron chi connectivity index (χ2n) is 15.0. The van der Waals surface area contributed by atoms with Gasteiger partial charge in [0, 0.05) is 31.5 Å². The lowest BCUT2D eigenvalue weighted by atomic mass is 9.56. The van der Waals surface area contributed by atoms with E-state index in [1.807, 2.05) is 6.92 Å². The predicted molar refractivity (Wildman–Crippen MR) is 153 cm³/mol. The molecule has 0 aromatic rings. The normalized spacial score (nSPS) is 33.9. The number of hydrogen-bond donors (Lipinski definition) is 0. The van der Waals surface area contributed by atoms with Gasteiger partial charge in [0.1, 0.15) is 5.60 Å². The van der Waals surface area contributed by atoms with Crippen molar-refractivity contribution in [2.75, 3.05) is 13.7 Å². The van der Waals surface area contributed by atoms with E-state index in [0.717, 1.165) is 6.42 Å². The van der Waals surface area contributed by atoms with E-state index in [4.69, 9.17) is 22.5 Å². The molecule has 1 spiro atoms. The fraction of sp³-hybridized carbons (Fsp3) is 0.926. The van der Waals surface area contributed by atoms with Crippen LogP contribution < -0.4 is 0 Å². The van der Waals surface area contributed by atoms with Gasteiger partial charge < -0.3 is 22.5 Å². The molecule has 0 N–H and O–H groups in total. The molecule has 2 bridgehead atoms. The summed E-state index contributed by atoms with van der Waals surface area (Å²) in [5.74, 6) is -2.51. The van der Waals surface area contributed by atoms with E-state index in [1.165, 1.54) is 13.2 Å². The Morgan fingerprint density at radius 2 is 1.52 bits per heavy atom. The summed E-state index contributed by atoms with van der Waals surface area (Å²) in [7, 11) is -9.10. The Bertz CT molecular complexity index is 1110. The fourth-order valence-electron chi connectivity index (χ4n) is 5.65. The number of ether oxygens (including phenoxy) is 2. The summed E-state index contributed by atoms with van der Waals surface area (Å²) in [4.78, 5) is 0. The van der Waals surface area contributed by atoms with Gasteiger partial charge in [-0.3, -0.25) is 0 Å². The monoisotopic (exact) mass is 630 g/mol. The molecule has 7 nitrogen and oxygen atoms in total. The maximum absolute atomic E-state index is 13.4. The molecular weight excluding hydrogens is 582 g/mol. The Hall–Kier alpha value is -0.446. The number of halogens is 3. The van der Waals surface area contributed by atoms with Crippen molar-refractivity contribution in [1.82, 2.24) is 0 Å². The summed E-state index contributed by atoms with van der Waals surface area (Å²) >= 11 is 0. The highest BCUT2D eigenvalue weighted by Gasteiger charge is 2.71. The third kappa shape index (κ3) is 5.50. The highest BCUT2D eigenvalue weighted by molar-refractivity contribution is 7.87. The molecule has 0 aromatic carbocycles. The Morgan fingerprint density at radius 3 is 2.00 bits per heavy atom. The molecule has 0 unspecified atom stereocenters. The van der Waals surface area contributed by atoms with Crippen LogP contribution in [0.2, 0.25) is 36.3 Å². The summed E-state index contributed by atoms with van der Waals surface area (Å²) < 4.78 is 95.3. The zero-order valence-electron chi connectivity index (χ0n) is 26.2. The molecule has 40 heavy (non-hydrogen) atoms. The number of rotatable bonds is 8. The minimum atomic E-state index is -5.94. The van der Waals surface area contributed by atoms with Gasteiger partial charge in [-0.2, -0.15) is 21.6 Å². The van der Waals surface area contributed by atoms with Crippen molar-refractivity contribution in [3.8, 4) is 0 Å². The largest absolute Gasteiger partial charge is 0.534 e. The number of fused-ring (bicyclic) bond motifs is 1. The zero-order chi connectivity index (χ0) is 31.0. The van der Waals surface area contributed by atoms with Crippen LogP contribution in [0.1, 0.15) is 74.1 Å². The molecule has 2 fully saturated rings. The van der Waals surface area contributed by atoms with E-state index in [1.54, 1.807) is 0 Å². The number of hydrogen-bond acceptors (Lipinski definition) is 7. The highest BCUT2D eigenvalue weighted by atomic mass is 32.2. The fourth-order valence-corrected chi connectivity index (χ4v) is 8.65. The van der Waals surface area contributed by atoms with Gasteiger partial charge in [-0.1, -0.05) is 48.5 Å². The van der Waals surface area contributed by atoms with E-state index < -0.39 is 54.8 Å². The first-order valence-electron chi connectivity index (χ1n) is 14.0. The van der Waals surface area contributed by atoms with Crippen LogP contribution in [0, 0.1) is 11.3 Å². The first kappa shape index (κ1) is 34.0. The first-order chi connectivity index (χ1) is 17.7. The maximum atomic E-state index is 13.4. The zero-order valence-corrected chi connectivity index (χ0v) is 29.0. The van der Waals surface area contributed by atoms with Crippen molar-refractivity contribution in [3.63, 3.8) is 0 Å². The van der Waals surface area contributed by atoms with Crippen LogP contribution in [0.3, 0.4) is 0 Å². The Kier molecular flexibility index (Phi) is 8.55. The van der Waals surface area contributed by atoms with Crippen LogP contribution in [-0.4, -0.2) is 61.8 Å². The molecule has 0 amide bonds. The van der Waals surface area contributed by atoms with Crippen LogP contribution in [0.25, 0.3) is 0 Å². The molecule has 2 heterocycles. The Morgan fingerprint density at radius 1 is 0.975 bits per heavy atom. The van der Waals surface area contributed by atoms with Crippen LogP contribution in [-0.2, 0) is 32.6 Å². The van der Waals surface area contributed by atoms with Gasteiger partial charge in [0.25, 0.3) is 0 Å². The summed E-state index contributed by atoms with van der Waals surface area (Å²) in [6.07, 6.45) is 3.14. The smallest absolute Gasteiger partial charge is 0.416 e. The van der Waals surface area contributed by atoms with Crippen LogP contribution in [0.15, 0.2) is 11.8 Å². The van der Waals surface area contributed by atoms with E-state index in [-0.39, 0.29) is 28.5 Å². The lowest BCUT2D eigenvalue weighted by Crippen LogP contribution is -2.67. The quantitative estimate of drug-likeness (QED) is 0.156. The van der Waals surface area contributed by atoms with Crippen molar-refractivity contribution in [3.05, 3.63) is 11.8 Å². The molecule has 13 heteroatoms. The lowest BCUT2D eigenvalue weighted by molar-refractivity contribution is -0.329. The van der Waals surface area contributed by atoms with Crippen LogP contribution >= 0.6 is 0 Å². The standard InChI is InChI=1S/C27H49F3O7SSi2/c1-22(2,3)39(9,10)34-18-19-13-14-20(36-40(11,12)23(4,5)6)24(7)15-16-26(33-8)21(17-25(19,24)37-26)35-38(31,32)27(28,29)30/h17,19-20H,13-16,18H2,1-12H3/t19-,20-,24-,25+,26-/m1/s1. The van der Waals surface area contributed by atoms with Gasteiger partial charge in [0.15, 0.2) is 22.4 Å². The highest BCUT2D eigenvalue weighted by Crippen LogP contribution is 2.65. The van der Waals surface area contributed by atoms with E-state index in [0.29, 0.717) is 19.4 Å². The van der Waals surface area contributed by atoms with Crippen LogP contribution in [0.5, 0.6) is 0 Å². The van der Waals surface area contributed by atoms with Gasteiger partial charge in [-0.15, -0.1) is 0 Å². The second-order valence-corrected chi connectivity index (χ2v) is 26.1. The molecule has 1 saturated heterocycles. The summed E-state index contributed by atoms with van der Waals surface area (Å²) in [6.45, 7) is 23.9. The topological polar surface area (TPSA) is 80.3 Å². The molecule has 3 rings (SSSR count). The van der Waals surface area contributed by atoms with Crippen molar-refractivity contribution in [2.45, 2.75) is 133 Å². The van der Waals surface area contributed by atoms with Gasteiger partial charge in [-0.25, -0.2) is 0 Å². The van der Waals surface area contributed by atoms with Crippen molar-refractivity contribution in [2.24, 2.45) is 11.3 Å². The average Bonchev–Trinajstić information content (AvgIpc) is 3.03. The average molecular weight is 631 g/mol. The lowest BCUT2D eigenvalue weighted by Gasteiger charge is -2.61. The van der Waals surface area contributed by atoms with Gasteiger partial charge in [-0.05, 0) is 61.6 Å². The van der Waals surface area contributed by atoms with Gasteiger partial charge >= 0.3 is 15.6 Å². The molecule has 3 aliphatic rings.